The average Bonchev–Trinajstić information content (AvgIpc) is 3.16. The molecular weight excluding hydrogens is 446 g/mol. The number of piperazine rings is 1. The van der Waals surface area contributed by atoms with Crippen LogP contribution in [0.5, 0.6) is 0 Å². The standard InChI is InChI=1S/C27H33N3O5/c1-17(2)23(14-25(31)30-13-12-29(3)24(15-30)26(32)33)28-27(34)35-16-22-20-10-6-4-8-18(20)19-9-5-7-11-21(19)22/h4-11,17,22-24H,12-16H2,1-3H3,(H,28,34)(H,32,33). The highest BCUT2D eigenvalue weighted by atomic mass is 16.5. The zero-order chi connectivity index (χ0) is 25.1. The second-order valence-electron chi connectivity index (χ2n) is 9.70. The molecule has 2 aliphatic rings. The lowest BCUT2D eigenvalue weighted by Gasteiger charge is -2.38. The van der Waals surface area contributed by atoms with Gasteiger partial charge in [0.2, 0.25) is 5.91 Å². The molecule has 2 atom stereocenters. The average molecular weight is 480 g/mol. The summed E-state index contributed by atoms with van der Waals surface area (Å²) in [5, 5.41) is 12.3. The Morgan fingerprint density at radius 1 is 1.03 bits per heavy atom. The SMILES string of the molecule is CC(C)C(CC(=O)N1CCN(C)C(C(=O)O)C1)NC(=O)OCC1c2ccccc2-c2ccccc21. The van der Waals surface area contributed by atoms with Gasteiger partial charge in [-0.3, -0.25) is 14.5 Å². The van der Waals surface area contributed by atoms with Gasteiger partial charge >= 0.3 is 12.1 Å². The van der Waals surface area contributed by atoms with Gasteiger partial charge in [0.25, 0.3) is 0 Å². The predicted molar refractivity (Wildman–Crippen MR) is 132 cm³/mol. The van der Waals surface area contributed by atoms with Gasteiger partial charge in [-0.15, -0.1) is 0 Å². The van der Waals surface area contributed by atoms with E-state index >= 15 is 0 Å². The zero-order valence-corrected chi connectivity index (χ0v) is 20.4. The first-order valence-electron chi connectivity index (χ1n) is 12.1. The lowest BCUT2D eigenvalue weighted by atomic mass is 9.98. The number of likely N-dealkylation sites (N-methyl/N-ethyl adjacent to an activating group) is 1. The van der Waals surface area contributed by atoms with Crippen molar-refractivity contribution in [2.45, 2.75) is 38.3 Å². The number of fused-ring (bicyclic) bond motifs is 3. The Morgan fingerprint density at radius 3 is 2.20 bits per heavy atom. The summed E-state index contributed by atoms with van der Waals surface area (Å²) in [6.45, 7) is 5.18. The van der Waals surface area contributed by atoms with Crippen molar-refractivity contribution in [3.63, 3.8) is 0 Å². The smallest absolute Gasteiger partial charge is 0.407 e. The van der Waals surface area contributed by atoms with Crippen LogP contribution in [0, 0.1) is 5.92 Å². The normalized spacial score (nSPS) is 18.6. The zero-order valence-electron chi connectivity index (χ0n) is 20.4. The van der Waals surface area contributed by atoms with E-state index in [1.54, 1.807) is 16.8 Å². The first-order chi connectivity index (χ1) is 16.8. The fourth-order valence-electron chi connectivity index (χ4n) is 4.93. The van der Waals surface area contributed by atoms with E-state index in [2.05, 4.69) is 29.6 Å². The van der Waals surface area contributed by atoms with Crippen molar-refractivity contribution in [2.75, 3.05) is 33.3 Å². The van der Waals surface area contributed by atoms with Gasteiger partial charge in [0, 0.05) is 38.0 Å². The van der Waals surface area contributed by atoms with Gasteiger partial charge < -0.3 is 20.1 Å². The molecule has 186 valence electrons. The van der Waals surface area contributed by atoms with Gasteiger partial charge in [-0.25, -0.2) is 4.79 Å². The molecule has 1 aliphatic carbocycles. The number of nitrogens with zero attached hydrogens (tertiary/aromatic N) is 2. The largest absolute Gasteiger partial charge is 0.480 e. The van der Waals surface area contributed by atoms with Gasteiger partial charge in [-0.2, -0.15) is 0 Å². The highest BCUT2D eigenvalue weighted by Crippen LogP contribution is 2.44. The molecule has 2 amide bonds. The third-order valence-electron chi connectivity index (χ3n) is 7.13. The van der Waals surface area contributed by atoms with Crippen molar-refractivity contribution in [2.24, 2.45) is 5.92 Å². The number of rotatable bonds is 7. The minimum atomic E-state index is -0.942. The molecule has 0 spiro atoms. The third-order valence-corrected chi connectivity index (χ3v) is 7.13. The Hall–Kier alpha value is -3.39. The van der Waals surface area contributed by atoms with Crippen LogP contribution in [0.3, 0.4) is 0 Å². The third kappa shape index (κ3) is 5.32. The van der Waals surface area contributed by atoms with Crippen LogP contribution in [0.15, 0.2) is 48.5 Å². The van der Waals surface area contributed by atoms with E-state index in [4.69, 9.17) is 4.74 Å². The Kier molecular flexibility index (Phi) is 7.40. The fraction of sp³-hybridized carbons (Fsp3) is 0.444. The number of carboxylic acid groups (broad SMARTS) is 1. The van der Waals surface area contributed by atoms with Crippen molar-refractivity contribution < 1.29 is 24.2 Å². The number of benzene rings is 2. The molecule has 4 rings (SSSR count). The maximum absolute atomic E-state index is 12.9. The summed E-state index contributed by atoms with van der Waals surface area (Å²) < 4.78 is 5.65. The van der Waals surface area contributed by atoms with Crippen molar-refractivity contribution in [3.8, 4) is 11.1 Å². The molecule has 1 aliphatic heterocycles. The van der Waals surface area contributed by atoms with Gasteiger partial charge in [-0.1, -0.05) is 62.4 Å². The van der Waals surface area contributed by atoms with E-state index in [9.17, 15) is 19.5 Å². The quantitative estimate of drug-likeness (QED) is 0.633. The minimum Gasteiger partial charge on any atom is -0.480 e. The van der Waals surface area contributed by atoms with Crippen LogP contribution in [0.4, 0.5) is 4.79 Å². The van der Waals surface area contributed by atoms with E-state index in [0.29, 0.717) is 13.1 Å². The second kappa shape index (κ2) is 10.5. The van der Waals surface area contributed by atoms with Crippen molar-refractivity contribution in [1.82, 2.24) is 15.1 Å². The molecule has 2 aromatic rings. The number of amides is 2. The molecule has 1 heterocycles. The first-order valence-corrected chi connectivity index (χ1v) is 12.1. The lowest BCUT2D eigenvalue weighted by molar-refractivity contribution is -0.147. The molecule has 1 saturated heterocycles. The number of aliphatic carboxylic acids is 1. The molecule has 0 saturated carbocycles. The highest BCUT2D eigenvalue weighted by Gasteiger charge is 2.34. The highest BCUT2D eigenvalue weighted by molar-refractivity contribution is 5.81. The molecule has 8 nitrogen and oxygen atoms in total. The lowest BCUT2D eigenvalue weighted by Crippen LogP contribution is -2.57. The fourth-order valence-corrected chi connectivity index (χ4v) is 4.93. The second-order valence-corrected chi connectivity index (χ2v) is 9.70. The minimum absolute atomic E-state index is 0.00201. The van der Waals surface area contributed by atoms with Crippen molar-refractivity contribution in [1.29, 1.82) is 0 Å². The van der Waals surface area contributed by atoms with Gasteiger partial charge in [0.15, 0.2) is 0 Å². The maximum Gasteiger partial charge on any atom is 0.407 e. The number of ether oxygens (including phenoxy) is 1. The molecule has 8 heteroatoms. The van der Waals surface area contributed by atoms with Crippen LogP contribution in [0.1, 0.15) is 37.3 Å². The summed E-state index contributed by atoms with van der Waals surface area (Å²) in [6, 6.07) is 15.2. The molecule has 35 heavy (non-hydrogen) atoms. The molecular formula is C27H33N3O5. The van der Waals surface area contributed by atoms with Crippen LogP contribution in [0.25, 0.3) is 11.1 Å². The van der Waals surface area contributed by atoms with E-state index < -0.39 is 24.1 Å². The number of hydrogen-bond acceptors (Lipinski definition) is 5. The Balaban J connectivity index is 1.36. The number of nitrogens with one attached hydrogen (secondary N) is 1. The van der Waals surface area contributed by atoms with Crippen LogP contribution in [-0.4, -0.2) is 78.2 Å². The van der Waals surface area contributed by atoms with E-state index in [-0.39, 0.29) is 37.3 Å². The van der Waals surface area contributed by atoms with Gasteiger partial charge in [-0.05, 0) is 35.2 Å². The number of alkyl carbamates (subject to hydrolysis) is 1. The van der Waals surface area contributed by atoms with Crippen molar-refractivity contribution >= 4 is 18.0 Å². The van der Waals surface area contributed by atoms with E-state index in [1.807, 2.05) is 38.1 Å². The number of carboxylic acids is 1. The predicted octanol–water partition coefficient (Wildman–Crippen LogP) is 3.17. The van der Waals surface area contributed by atoms with Crippen molar-refractivity contribution in [3.05, 3.63) is 59.7 Å². The Labute approximate surface area is 205 Å². The molecule has 1 fully saturated rings. The monoisotopic (exact) mass is 479 g/mol. The summed E-state index contributed by atoms with van der Waals surface area (Å²) in [7, 11) is 1.75. The van der Waals surface area contributed by atoms with Crippen LogP contribution < -0.4 is 5.32 Å². The summed E-state index contributed by atoms with van der Waals surface area (Å²) in [5.41, 5.74) is 4.60. The molecule has 0 radical (unpaired) electrons. The van der Waals surface area contributed by atoms with Crippen LogP contribution in [-0.2, 0) is 14.3 Å². The Morgan fingerprint density at radius 2 is 1.63 bits per heavy atom. The Bertz CT molecular complexity index is 1060. The molecule has 2 aromatic carbocycles. The van der Waals surface area contributed by atoms with Gasteiger partial charge in [0.05, 0.1) is 0 Å². The van der Waals surface area contributed by atoms with Gasteiger partial charge in [0.1, 0.15) is 12.6 Å². The summed E-state index contributed by atoms with van der Waals surface area (Å²) in [6.07, 6.45) is -0.460. The number of carbonyl (C=O) groups excluding carboxylic acids is 2. The molecule has 2 N–H and O–H groups in total. The van der Waals surface area contributed by atoms with E-state index in [1.165, 1.54) is 0 Å². The van der Waals surface area contributed by atoms with Crippen LogP contribution >= 0.6 is 0 Å². The summed E-state index contributed by atoms with van der Waals surface area (Å²) >= 11 is 0. The maximum atomic E-state index is 12.9. The molecule has 0 bridgehead atoms. The molecule has 2 unspecified atom stereocenters. The number of hydrogen-bond donors (Lipinski definition) is 2. The summed E-state index contributed by atoms with van der Waals surface area (Å²) in [4.78, 5) is 40.5. The first kappa shape index (κ1) is 24.7. The number of carbonyl (C=O) groups is 3. The topological polar surface area (TPSA) is 99.2 Å². The van der Waals surface area contributed by atoms with Crippen LogP contribution in [0.2, 0.25) is 0 Å². The van der Waals surface area contributed by atoms with E-state index in [0.717, 1.165) is 22.3 Å². The molecule has 0 aromatic heterocycles. The summed E-state index contributed by atoms with van der Waals surface area (Å²) in [5.74, 6) is -1.14.